The smallest absolute Gasteiger partial charge is 0.237 e. The Morgan fingerprint density at radius 3 is 2.83 bits per heavy atom. The molecule has 7 nitrogen and oxygen atoms in total. The van der Waals surface area contributed by atoms with Crippen molar-refractivity contribution in [2.24, 2.45) is 0 Å². The lowest BCUT2D eigenvalue weighted by atomic mass is 10.4. The molecule has 0 saturated carbocycles. The van der Waals surface area contributed by atoms with Crippen LogP contribution < -0.4 is 5.32 Å². The number of hydrogen-bond donors (Lipinski definition) is 1. The summed E-state index contributed by atoms with van der Waals surface area (Å²) in [6.07, 6.45) is 3.16. The average molecular weight is 346 g/mol. The van der Waals surface area contributed by atoms with Crippen molar-refractivity contribution in [2.45, 2.75) is 18.6 Å². The zero-order chi connectivity index (χ0) is 16.1. The number of nitrogens with one attached hydrogen (secondary N) is 1. The molecule has 0 atom stereocenters. The van der Waals surface area contributed by atoms with Gasteiger partial charge < -0.3 is 4.57 Å². The zero-order valence-corrected chi connectivity index (χ0v) is 14.0. The summed E-state index contributed by atoms with van der Waals surface area (Å²) in [5, 5.41) is 13.8. The minimum Gasteiger partial charge on any atom is -0.302 e. The molecule has 9 heteroatoms. The van der Waals surface area contributed by atoms with Crippen molar-refractivity contribution >= 4 is 35.0 Å². The number of rotatable bonds is 6. The van der Waals surface area contributed by atoms with Crippen LogP contribution in [0.25, 0.3) is 10.7 Å². The van der Waals surface area contributed by atoms with E-state index >= 15 is 0 Å². The van der Waals surface area contributed by atoms with Gasteiger partial charge in [0.25, 0.3) is 0 Å². The third-order valence-corrected chi connectivity index (χ3v) is 4.76. The molecule has 1 N–H and O–H groups in total. The summed E-state index contributed by atoms with van der Waals surface area (Å²) >= 11 is 2.96. The SMILES string of the molecule is CCn1c(SCC(=O)Nc2ncccn2)nnc1-c1cccs1. The Balaban J connectivity index is 1.65. The van der Waals surface area contributed by atoms with Crippen molar-refractivity contribution in [1.29, 1.82) is 0 Å². The third kappa shape index (κ3) is 3.74. The van der Waals surface area contributed by atoms with Crippen LogP contribution in [0.3, 0.4) is 0 Å². The Labute approximate surface area is 141 Å². The standard InChI is InChI=1S/C14H14N6OS2/c1-2-20-12(10-5-3-8-22-10)18-19-14(20)23-9-11(21)17-13-15-6-4-7-16-13/h3-8H,2,9H2,1H3,(H,15,16,17,21). The average Bonchev–Trinajstić information content (AvgIpc) is 3.22. The van der Waals surface area contributed by atoms with Gasteiger partial charge in [0.2, 0.25) is 11.9 Å². The molecule has 3 aromatic rings. The summed E-state index contributed by atoms with van der Waals surface area (Å²) in [6, 6.07) is 5.68. The highest BCUT2D eigenvalue weighted by Gasteiger charge is 2.15. The van der Waals surface area contributed by atoms with E-state index in [1.54, 1.807) is 29.8 Å². The van der Waals surface area contributed by atoms with Crippen LogP contribution in [0.4, 0.5) is 5.95 Å². The number of aromatic nitrogens is 5. The van der Waals surface area contributed by atoms with Crippen LogP contribution in [0.2, 0.25) is 0 Å². The van der Waals surface area contributed by atoms with Crippen LogP contribution in [0, 0.1) is 0 Å². The fraction of sp³-hybridized carbons (Fsp3) is 0.214. The minimum absolute atomic E-state index is 0.176. The maximum absolute atomic E-state index is 12.0. The fourth-order valence-electron chi connectivity index (χ4n) is 1.92. The van der Waals surface area contributed by atoms with Gasteiger partial charge in [-0.1, -0.05) is 17.8 Å². The molecule has 118 valence electrons. The molecular formula is C14H14N6OS2. The van der Waals surface area contributed by atoms with Crippen molar-refractivity contribution < 1.29 is 4.79 Å². The first-order chi connectivity index (χ1) is 11.3. The lowest BCUT2D eigenvalue weighted by Gasteiger charge is -2.06. The summed E-state index contributed by atoms with van der Waals surface area (Å²) in [5.41, 5.74) is 0. The summed E-state index contributed by atoms with van der Waals surface area (Å²) in [5.74, 6) is 1.18. The molecule has 1 amide bonds. The molecule has 0 aliphatic heterocycles. The van der Waals surface area contributed by atoms with E-state index in [0.29, 0.717) is 5.95 Å². The van der Waals surface area contributed by atoms with Gasteiger partial charge >= 0.3 is 0 Å². The van der Waals surface area contributed by atoms with Gasteiger partial charge in [-0.15, -0.1) is 21.5 Å². The molecule has 0 aromatic carbocycles. The van der Waals surface area contributed by atoms with Crippen LogP contribution >= 0.6 is 23.1 Å². The Bertz CT molecular complexity index is 772. The van der Waals surface area contributed by atoms with Gasteiger partial charge in [-0.25, -0.2) is 9.97 Å². The zero-order valence-electron chi connectivity index (χ0n) is 12.3. The molecule has 23 heavy (non-hydrogen) atoms. The van der Waals surface area contributed by atoms with Gasteiger partial charge in [0.1, 0.15) is 0 Å². The van der Waals surface area contributed by atoms with Gasteiger partial charge in [-0.05, 0) is 24.4 Å². The first-order valence-corrected chi connectivity index (χ1v) is 8.81. The number of nitrogens with zero attached hydrogens (tertiary/aromatic N) is 5. The van der Waals surface area contributed by atoms with E-state index in [1.165, 1.54) is 11.8 Å². The molecule has 0 aliphatic rings. The van der Waals surface area contributed by atoms with Crippen molar-refractivity contribution in [3.05, 3.63) is 36.0 Å². The summed E-state index contributed by atoms with van der Waals surface area (Å²) in [4.78, 5) is 20.9. The highest BCUT2D eigenvalue weighted by Crippen LogP contribution is 2.27. The van der Waals surface area contributed by atoms with Crippen LogP contribution in [0.15, 0.2) is 41.1 Å². The first kappa shape index (κ1) is 15.6. The van der Waals surface area contributed by atoms with Gasteiger partial charge in [-0.2, -0.15) is 0 Å². The van der Waals surface area contributed by atoms with E-state index in [2.05, 4.69) is 25.5 Å². The van der Waals surface area contributed by atoms with Crippen molar-refractivity contribution in [3.63, 3.8) is 0 Å². The molecule has 0 radical (unpaired) electrons. The van der Waals surface area contributed by atoms with Gasteiger partial charge in [0, 0.05) is 18.9 Å². The van der Waals surface area contributed by atoms with E-state index in [4.69, 9.17) is 0 Å². The molecule has 3 aromatic heterocycles. The Morgan fingerprint density at radius 1 is 1.30 bits per heavy atom. The number of amides is 1. The summed E-state index contributed by atoms with van der Waals surface area (Å²) in [6.45, 7) is 2.77. The van der Waals surface area contributed by atoms with Crippen LogP contribution in [0.1, 0.15) is 6.92 Å². The first-order valence-electron chi connectivity index (χ1n) is 6.94. The molecular weight excluding hydrogens is 332 g/mol. The van der Waals surface area contributed by atoms with Crippen molar-refractivity contribution in [2.75, 3.05) is 11.1 Å². The molecule has 0 aliphatic carbocycles. The highest BCUT2D eigenvalue weighted by molar-refractivity contribution is 7.99. The summed E-state index contributed by atoms with van der Waals surface area (Å²) < 4.78 is 2.00. The maximum Gasteiger partial charge on any atom is 0.237 e. The third-order valence-electron chi connectivity index (χ3n) is 2.92. The Kier molecular flexibility index (Phi) is 4.99. The summed E-state index contributed by atoms with van der Waals surface area (Å²) in [7, 11) is 0. The van der Waals surface area contributed by atoms with E-state index in [-0.39, 0.29) is 11.7 Å². The number of thioether (sulfide) groups is 1. The van der Waals surface area contributed by atoms with E-state index in [0.717, 1.165) is 22.4 Å². The molecule has 0 saturated heterocycles. The Morgan fingerprint density at radius 2 is 2.13 bits per heavy atom. The van der Waals surface area contributed by atoms with Gasteiger partial charge in [0.15, 0.2) is 11.0 Å². The van der Waals surface area contributed by atoms with Crippen LogP contribution in [0.5, 0.6) is 0 Å². The fourth-order valence-corrected chi connectivity index (χ4v) is 3.44. The predicted molar refractivity (Wildman–Crippen MR) is 90.4 cm³/mol. The second-order valence-corrected chi connectivity index (χ2v) is 6.33. The van der Waals surface area contributed by atoms with E-state index < -0.39 is 0 Å². The number of anilines is 1. The van der Waals surface area contributed by atoms with E-state index in [9.17, 15) is 4.79 Å². The number of carbonyl (C=O) groups excluding carboxylic acids is 1. The monoisotopic (exact) mass is 346 g/mol. The number of thiophene rings is 1. The van der Waals surface area contributed by atoms with Crippen molar-refractivity contribution in [1.82, 2.24) is 24.7 Å². The van der Waals surface area contributed by atoms with Gasteiger partial charge in [-0.3, -0.25) is 10.1 Å². The number of hydrogen-bond acceptors (Lipinski definition) is 7. The molecule has 0 spiro atoms. The van der Waals surface area contributed by atoms with Crippen LogP contribution in [-0.4, -0.2) is 36.4 Å². The quantitative estimate of drug-likeness (QED) is 0.690. The molecule has 3 rings (SSSR count). The maximum atomic E-state index is 12.0. The normalized spacial score (nSPS) is 10.7. The van der Waals surface area contributed by atoms with Crippen molar-refractivity contribution in [3.8, 4) is 10.7 Å². The lowest BCUT2D eigenvalue weighted by molar-refractivity contribution is -0.113. The molecule has 3 heterocycles. The molecule has 0 fully saturated rings. The van der Waals surface area contributed by atoms with E-state index in [1.807, 2.05) is 29.0 Å². The second-order valence-electron chi connectivity index (χ2n) is 4.44. The number of carbonyl (C=O) groups is 1. The second kappa shape index (κ2) is 7.34. The predicted octanol–water partition coefficient (Wildman–Crippen LogP) is 2.55. The topological polar surface area (TPSA) is 85.6 Å². The molecule has 0 unspecified atom stereocenters. The molecule has 0 bridgehead atoms. The highest BCUT2D eigenvalue weighted by atomic mass is 32.2. The Hall–Kier alpha value is -2.26. The lowest BCUT2D eigenvalue weighted by Crippen LogP contribution is -2.16. The largest absolute Gasteiger partial charge is 0.302 e. The van der Waals surface area contributed by atoms with Crippen LogP contribution in [-0.2, 0) is 11.3 Å². The van der Waals surface area contributed by atoms with Gasteiger partial charge in [0.05, 0.1) is 10.6 Å². The minimum atomic E-state index is -0.176.